The van der Waals surface area contributed by atoms with Crippen LogP contribution in [0.15, 0.2) is 24.4 Å². The van der Waals surface area contributed by atoms with Crippen molar-refractivity contribution >= 4 is 0 Å². The molecule has 1 atom stereocenters. The van der Waals surface area contributed by atoms with Crippen LogP contribution in [0.5, 0.6) is 5.75 Å². The van der Waals surface area contributed by atoms with Crippen molar-refractivity contribution in [2.45, 2.75) is 39.7 Å². The number of aromatic nitrogens is 3. The second-order valence-corrected chi connectivity index (χ2v) is 4.92. The maximum atomic E-state index is 5.44. The minimum atomic E-state index is 0.358. The molecule has 102 valence electrons. The maximum Gasteiger partial charge on any atom is 0.122 e. The first-order chi connectivity index (χ1) is 9.13. The van der Waals surface area contributed by atoms with Gasteiger partial charge in [0.25, 0.3) is 0 Å². The molecule has 2 rings (SSSR count). The largest absolute Gasteiger partial charge is 0.496 e. The molecule has 1 aromatic carbocycles. The predicted octanol–water partition coefficient (Wildman–Crippen LogP) is 2.96. The second kappa shape index (κ2) is 5.87. The molecule has 1 unspecified atom stereocenters. The summed E-state index contributed by atoms with van der Waals surface area (Å²) in [6.07, 6.45) is 2.89. The Labute approximate surface area is 114 Å². The lowest BCUT2D eigenvalue weighted by atomic mass is 9.94. The summed E-state index contributed by atoms with van der Waals surface area (Å²) in [4.78, 5) is 0. The van der Waals surface area contributed by atoms with E-state index in [0.717, 1.165) is 24.4 Å². The van der Waals surface area contributed by atoms with Gasteiger partial charge in [-0.3, -0.25) is 4.68 Å². The fourth-order valence-corrected chi connectivity index (χ4v) is 2.25. The lowest BCUT2D eigenvalue weighted by molar-refractivity contribution is 0.406. The van der Waals surface area contributed by atoms with E-state index in [0.29, 0.717) is 5.92 Å². The van der Waals surface area contributed by atoms with Crippen molar-refractivity contribution in [1.82, 2.24) is 15.0 Å². The summed E-state index contributed by atoms with van der Waals surface area (Å²) in [7, 11) is 1.72. The number of benzene rings is 1. The first kappa shape index (κ1) is 13.6. The number of hydrogen-bond acceptors (Lipinski definition) is 3. The van der Waals surface area contributed by atoms with Gasteiger partial charge in [-0.1, -0.05) is 29.8 Å². The average molecular weight is 259 g/mol. The Kier molecular flexibility index (Phi) is 4.20. The van der Waals surface area contributed by atoms with Crippen LogP contribution in [0, 0.1) is 6.92 Å². The number of hydrogen-bond donors (Lipinski definition) is 0. The van der Waals surface area contributed by atoms with Gasteiger partial charge in [-0.15, -0.1) is 5.10 Å². The van der Waals surface area contributed by atoms with Crippen LogP contribution in [0.3, 0.4) is 0 Å². The van der Waals surface area contributed by atoms with E-state index in [9.17, 15) is 0 Å². The second-order valence-electron chi connectivity index (χ2n) is 4.92. The minimum absolute atomic E-state index is 0.358. The smallest absolute Gasteiger partial charge is 0.122 e. The van der Waals surface area contributed by atoms with Crippen LogP contribution >= 0.6 is 0 Å². The van der Waals surface area contributed by atoms with Gasteiger partial charge in [0, 0.05) is 12.7 Å². The van der Waals surface area contributed by atoms with Crippen molar-refractivity contribution in [3.8, 4) is 5.75 Å². The summed E-state index contributed by atoms with van der Waals surface area (Å²) in [5.74, 6) is 1.30. The fourth-order valence-electron chi connectivity index (χ4n) is 2.25. The third-order valence-corrected chi connectivity index (χ3v) is 3.34. The fraction of sp³-hybridized carbons (Fsp3) is 0.467. The zero-order valence-corrected chi connectivity index (χ0v) is 12.1. The maximum absolute atomic E-state index is 5.44. The lowest BCUT2D eigenvalue weighted by Crippen LogP contribution is -2.02. The third kappa shape index (κ3) is 3.13. The van der Waals surface area contributed by atoms with E-state index in [4.69, 9.17) is 4.74 Å². The molecule has 0 spiro atoms. The molecular formula is C15H21N3O. The van der Waals surface area contributed by atoms with Gasteiger partial charge in [-0.05, 0) is 37.8 Å². The van der Waals surface area contributed by atoms with Gasteiger partial charge < -0.3 is 4.74 Å². The number of nitrogens with zero attached hydrogens (tertiary/aromatic N) is 3. The van der Waals surface area contributed by atoms with Gasteiger partial charge in [-0.25, -0.2) is 0 Å². The highest BCUT2D eigenvalue weighted by Gasteiger charge is 2.14. The summed E-state index contributed by atoms with van der Waals surface area (Å²) in [5, 5.41) is 8.28. The van der Waals surface area contributed by atoms with Crippen molar-refractivity contribution in [1.29, 1.82) is 0 Å². The quantitative estimate of drug-likeness (QED) is 0.828. The van der Waals surface area contributed by atoms with Crippen molar-refractivity contribution in [3.63, 3.8) is 0 Å². The van der Waals surface area contributed by atoms with Crippen LogP contribution in [-0.2, 0) is 13.0 Å². The highest BCUT2D eigenvalue weighted by atomic mass is 16.5. The van der Waals surface area contributed by atoms with Crippen LogP contribution in [-0.4, -0.2) is 22.1 Å². The Morgan fingerprint density at radius 3 is 2.79 bits per heavy atom. The first-order valence-corrected chi connectivity index (χ1v) is 6.67. The molecular weight excluding hydrogens is 238 g/mol. The van der Waals surface area contributed by atoms with Gasteiger partial charge in [0.2, 0.25) is 0 Å². The van der Waals surface area contributed by atoms with Gasteiger partial charge in [-0.2, -0.15) is 0 Å². The average Bonchev–Trinajstić information content (AvgIpc) is 2.86. The summed E-state index contributed by atoms with van der Waals surface area (Å²) in [6.45, 7) is 7.21. The summed E-state index contributed by atoms with van der Waals surface area (Å²) in [5.41, 5.74) is 3.51. The molecule has 0 aliphatic carbocycles. The molecule has 2 aromatic rings. The van der Waals surface area contributed by atoms with Crippen LogP contribution in [0.2, 0.25) is 0 Å². The Balaban J connectivity index is 2.19. The van der Waals surface area contributed by atoms with Gasteiger partial charge in [0.1, 0.15) is 5.75 Å². The molecule has 1 aromatic heterocycles. The highest BCUT2D eigenvalue weighted by Crippen LogP contribution is 2.29. The normalized spacial score (nSPS) is 12.4. The van der Waals surface area contributed by atoms with Crippen LogP contribution in [0.25, 0.3) is 0 Å². The zero-order valence-electron chi connectivity index (χ0n) is 12.1. The molecule has 19 heavy (non-hydrogen) atoms. The molecule has 0 fully saturated rings. The van der Waals surface area contributed by atoms with E-state index >= 15 is 0 Å². The SMILES string of the molecule is CCn1cc(CC(C)c2cc(C)ccc2OC)nn1. The molecule has 4 heteroatoms. The van der Waals surface area contributed by atoms with E-state index in [1.165, 1.54) is 11.1 Å². The molecule has 4 nitrogen and oxygen atoms in total. The zero-order chi connectivity index (χ0) is 13.8. The molecule has 1 heterocycles. The van der Waals surface area contributed by atoms with Crippen molar-refractivity contribution in [3.05, 3.63) is 41.2 Å². The van der Waals surface area contributed by atoms with E-state index in [1.54, 1.807) is 7.11 Å². The van der Waals surface area contributed by atoms with Crippen molar-refractivity contribution < 1.29 is 4.74 Å². The summed E-state index contributed by atoms with van der Waals surface area (Å²) in [6, 6.07) is 6.29. The van der Waals surface area contributed by atoms with Crippen LogP contribution in [0.1, 0.15) is 36.6 Å². The minimum Gasteiger partial charge on any atom is -0.496 e. The first-order valence-electron chi connectivity index (χ1n) is 6.67. The number of rotatable bonds is 5. The highest BCUT2D eigenvalue weighted by molar-refractivity contribution is 5.39. The Morgan fingerprint density at radius 1 is 1.37 bits per heavy atom. The van der Waals surface area contributed by atoms with Crippen molar-refractivity contribution in [2.75, 3.05) is 7.11 Å². The van der Waals surface area contributed by atoms with Gasteiger partial charge in [0.15, 0.2) is 0 Å². The predicted molar refractivity (Wildman–Crippen MR) is 75.5 cm³/mol. The number of aryl methyl sites for hydroxylation is 2. The molecule has 0 radical (unpaired) electrons. The molecule has 0 aliphatic heterocycles. The lowest BCUT2D eigenvalue weighted by Gasteiger charge is -2.15. The Hall–Kier alpha value is -1.84. The van der Waals surface area contributed by atoms with E-state index < -0.39 is 0 Å². The molecule has 0 saturated heterocycles. The monoisotopic (exact) mass is 259 g/mol. The van der Waals surface area contributed by atoms with Gasteiger partial charge in [0.05, 0.1) is 12.8 Å². The van der Waals surface area contributed by atoms with Crippen LogP contribution in [0.4, 0.5) is 0 Å². The summed E-state index contributed by atoms with van der Waals surface area (Å²) >= 11 is 0. The van der Waals surface area contributed by atoms with Gasteiger partial charge >= 0.3 is 0 Å². The number of ether oxygens (including phenoxy) is 1. The molecule has 0 amide bonds. The third-order valence-electron chi connectivity index (χ3n) is 3.34. The topological polar surface area (TPSA) is 39.9 Å². The Bertz CT molecular complexity index is 548. The van der Waals surface area contributed by atoms with Crippen LogP contribution < -0.4 is 4.74 Å². The van der Waals surface area contributed by atoms with Crippen molar-refractivity contribution in [2.24, 2.45) is 0 Å². The Morgan fingerprint density at radius 2 is 2.16 bits per heavy atom. The van der Waals surface area contributed by atoms with E-state index in [1.807, 2.05) is 16.9 Å². The molecule has 0 bridgehead atoms. The molecule has 0 saturated carbocycles. The number of methoxy groups -OCH3 is 1. The molecule has 0 N–H and O–H groups in total. The standard InChI is InChI=1S/C15H21N3O/c1-5-18-10-13(16-17-18)9-12(3)14-8-11(2)6-7-15(14)19-4/h6-8,10,12H,5,9H2,1-4H3. The summed E-state index contributed by atoms with van der Waals surface area (Å²) < 4.78 is 7.30. The van der Waals surface area contributed by atoms with E-state index in [-0.39, 0.29) is 0 Å². The van der Waals surface area contributed by atoms with E-state index in [2.05, 4.69) is 43.2 Å². The molecule has 0 aliphatic rings.